The molecular weight excluding hydrogens is 380 g/mol. The van der Waals surface area contributed by atoms with Gasteiger partial charge >= 0.3 is 5.97 Å². The largest absolute Gasteiger partial charge is 0.477 e. The van der Waals surface area contributed by atoms with Crippen molar-refractivity contribution in [1.29, 1.82) is 0 Å². The number of ether oxygens (including phenoxy) is 3. The summed E-state index contributed by atoms with van der Waals surface area (Å²) < 4.78 is 17.3. The third-order valence-corrected chi connectivity index (χ3v) is 4.87. The summed E-state index contributed by atoms with van der Waals surface area (Å²) in [6, 6.07) is 21.7. The summed E-state index contributed by atoms with van der Waals surface area (Å²) in [6.07, 6.45) is -1.40. The third kappa shape index (κ3) is 3.42. The molecule has 1 aliphatic rings. The van der Waals surface area contributed by atoms with Crippen molar-refractivity contribution in [1.82, 2.24) is 0 Å². The second-order valence-corrected chi connectivity index (χ2v) is 6.96. The minimum absolute atomic E-state index is 0.438. The van der Waals surface area contributed by atoms with Gasteiger partial charge in [0.1, 0.15) is 22.8 Å². The van der Waals surface area contributed by atoms with E-state index in [2.05, 4.69) is 0 Å². The Morgan fingerprint density at radius 1 is 1.04 bits per heavy atom. The van der Waals surface area contributed by atoms with E-state index in [0.29, 0.717) is 27.8 Å². The molecule has 28 heavy (non-hydrogen) atoms. The first-order chi connectivity index (χ1) is 13.5. The first-order valence-corrected chi connectivity index (χ1v) is 9.04. The van der Waals surface area contributed by atoms with E-state index in [9.17, 15) is 9.90 Å². The van der Waals surface area contributed by atoms with E-state index >= 15 is 0 Å². The zero-order valence-electron chi connectivity index (χ0n) is 15.0. The molecule has 0 saturated heterocycles. The molecule has 4 rings (SSSR count). The molecule has 0 aromatic heterocycles. The summed E-state index contributed by atoms with van der Waals surface area (Å²) >= 11 is 5.92. The summed E-state index contributed by atoms with van der Waals surface area (Å²) in [5, 5.41) is 10.1. The average molecular weight is 397 g/mol. The molecule has 1 aliphatic heterocycles. The Balaban J connectivity index is 1.77. The standard InChI is InChI=1S/C22H17ClO5/c1-22(14-5-3-2-4-6-14)18-13-17(26-16-9-7-15(23)8-10-16)11-12-19(18)27-21(28-22)20(24)25/h2-13,21H,1H3,(H,24,25). The van der Waals surface area contributed by atoms with Crippen LogP contribution in [0.15, 0.2) is 72.8 Å². The minimum Gasteiger partial charge on any atom is -0.477 e. The topological polar surface area (TPSA) is 65.0 Å². The number of halogens is 1. The van der Waals surface area contributed by atoms with Gasteiger partial charge in [0.15, 0.2) is 0 Å². The summed E-state index contributed by atoms with van der Waals surface area (Å²) in [5.74, 6) is 0.457. The molecule has 0 fully saturated rings. The normalized spacial score (nSPS) is 20.7. The summed E-state index contributed by atoms with van der Waals surface area (Å²) in [7, 11) is 0. The molecule has 0 radical (unpaired) electrons. The van der Waals surface area contributed by atoms with E-state index in [0.717, 1.165) is 5.56 Å². The molecule has 5 nitrogen and oxygen atoms in total. The van der Waals surface area contributed by atoms with E-state index in [1.54, 1.807) is 42.5 Å². The first kappa shape index (κ1) is 18.3. The number of carboxylic acid groups (broad SMARTS) is 1. The van der Waals surface area contributed by atoms with Gasteiger partial charge in [-0.2, -0.15) is 0 Å². The van der Waals surface area contributed by atoms with Crippen molar-refractivity contribution in [3.63, 3.8) is 0 Å². The second-order valence-electron chi connectivity index (χ2n) is 6.52. The third-order valence-electron chi connectivity index (χ3n) is 4.62. The van der Waals surface area contributed by atoms with Gasteiger partial charge < -0.3 is 19.3 Å². The molecule has 0 saturated carbocycles. The van der Waals surface area contributed by atoms with Crippen molar-refractivity contribution in [3.05, 3.63) is 88.9 Å². The Morgan fingerprint density at radius 3 is 2.39 bits per heavy atom. The van der Waals surface area contributed by atoms with E-state index in [1.165, 1.54) is 0 Å². The van der Waals surface area contributed by atoms with Crippen LogP contribution in [0, 0.1) is 0 Å². The lowest BCUT2D eigenvalue weighted by molar-refractivity contribution is -0.201. The van der Waals surface area contributed by atoms with E-state index in [-0.39, 0.29) is 0 Å². The van der Waals surface area contributed by atoms with Crippen molar-refractivity contribution >= 4 is 17.6 Å². The van der Waals surface area contributed by atoms with Crippen molar-refractivity contribution in [2.24, 2.45) is 0 Å². The Kier molecular flexibility index (Phi) is 4.71. The Bertz CT molecular complexity index is 1000. The fraction of sp³-hybridized carbons (Fsp3) is 0.136. The van der Waals surface area contributed by atoms with Crippen molar-refractivity contribution in [2.45, 2.75) is 18.8 Å². The molecule has 3 aromatic rings. The average Bonchev–Trinajstić information content (AvgIpc) is 2.70. The Labute approximate surface area is 167 Å². The maximum Gasteiger partial charge on any atom is 0.373 e. The van der Waals surface area contributed by atoms with Crippen molar-refractivity contribution in [2.75, 3.05) is 0 Å². The zero-order chi connectivity index (χ0) is 19.7. The molecule has 0 bridgehead atoms. The van der Waals surface area contributed by atoms with Crippen molar-refractivity contribution < 1.29 is 24.1 Å². The number of carbonyl (C=O) groups is 1. The predicted octanol–water partition coefficient (Wildman–Crippen LogP) is 5.22. The quantitative estimate of drug-likeness (QED) is 0.655. The van der Waals surface area contributed by atoms with Gasteiger partial charge in [0.2, 0.25) is 0 Å². The van der Waals surface area contributed by atoms with Gasteiger partial charge in [0.05, 0.1) is 0 Å². The molecule has 2 atom stereocenters. The molecule has 142 valence electrons. The monoisotopic (exact) mass is 396 g/mol. The van der Waals surface area contributed by atoms with Crippen LogP contribution in [-0.2, 0) is 15.1 Å². The van der Waals surface area contributed by atoms with E-state index < -0.39 is 17.9 Å². The number of aliphatic carboxylic acids is 1. The Hall–Kier alpha value is -3.02. The van der Waals surface area contributed by atoms with Crippen LogP contribution in [0.2, 0.25) is 5.02 Å². The molecule has 0 amide bonds. The van der Waals surface area contributed by atoms with Crippen LogP contribution in [0.4, 0.5) is 0 Å². The summed E-state index contributed by atoms with van der Waals surface area (Å²) in [6.45, 7) is 1.83. The number of carboxylic acids is 1. The highest BCUT2D eigenvalue weighted by atomic mass is 35.5. The molecular formula is C22H17ClO5. The lowest BCUT2D eigenvalue weighted by Gasteiger charge is -2.39. The van der Waals surface area contributed by atoms with Crippen LogP contribution in [0.3, 0.4) is 0 Å². The molecule has 6 heteroatoms. The number of hydrogen-bond donors (Lipinski definition) is 1. The number of hydrogen-bond acceptors (Lipinski definition) is 4. The van der Waals surface area contributed by atoms with Gasteiger partial charge in [-0.15, -0.1) is 0 Å². The smallest absolute Gasteiger partial charge is 0.373 e. The van der Waals surface area contributed by atoms with Crippen LogP contribution < -0.4 is 9.47 Å². The molecule has 0 aliphatic carbocycles. The maximum atomic E-state index is 11.5. The molecule has 0 spiro atoms. The van der Waals surface area contributed by atoms with Crippen LogP contribution in [-0.4, -0.2) is 17.4 Å². The van der Waals surface area contributed by atoms with Gasteiger partial charge in [0.25, 0.3) is 6.29 Å². The van der Waals surface area contributed by atoms with Gasteiger partial charge in [0, 0.05) is 10.6 Å². The lowest BCUT2D eigenvalue weighted by Crippen LogP contribution is -2.44. The number of fused-ring (bicyclic) bond motifs is 1. The zero-order valence-corrected chi connectivity index (χ0v) is 15.7. The van der Waals surface area contributed by atoms with Gasteiger partial charge in [-0.3, -0.25) is 0 Å². The van der Waals surface area contributed by atoms with Gasteiger partial charge in [-0.25, -0.2) is 4.79 Å². The number of benzene rings is 3. The van der Waals surface area contributed by atoms with Crippen LogP contribution in [0.1, 0.15) is 18.1 Å². The maximum absolute atomic E-state index is 11.5. The highest BCUT2D eigenvalue weighted by molar-refractivity contribution is 6.30. The van der Waals surface area contributed by atoms with Crippen LogP contribution in [0.5, 0.6) is 17.2 Å². The van der Waals surface area contributed by atoms with Gasteiger partial charge in [-0.05, 0) is 55.0 Å². The Morgan fingerprint density at radius 2 is 1.71 bits per heavy atom. The molecule has 2 unspecified atom stereocenters. The molecule has 1 heterocycles. The molecule has 1 N–H and O–H groups in total. The SMILES string of the molecule is CC1(c2ccccc2)OC(C(=O)O)Oc2ccc(Oc3ccc(Cl)cc3)cc21. The first-order valence-electron chi connectivity index (χ1n) is 8.66. The summed E-state index contributed by atoms with van der Waals surface area (Å²) in [4.78, 5) is 11.5. The van der Waals surface area contributed by atoms with Crippen LogP contribution in [0.25, 0.3) is 0 Å². The second kappa shape index (κ2) is 7.19. The lowest BCUT2D eigenvalue weighted by atomic mass is 9.86. The van der Waals surface area contributed by atoms with E-state index in [1.807, 2.05) is 37.3 Å². The predicted molar refractivity (Wildman–Crippen MR) is 104 cm³/mol. The van der Waals surface area contributed by atoms with E-state index in [4.69, 9.17) is 25.8 Å². The number of rotatable bonds is 4. The van der Waals surface area contributed by atoms with Crippen LogP contribution >= 0.6 is 11.6 Å². The van der Waals surface area contributed by atoms with Gasteiger partial charge in [-0.1, -0.05) is 41.9 Å². The summed E-state index contributed by atoms with van der Waals surface area (Å²) in [5.41, 5.74) is 0.481. The highest BCUT2D eigenvalue weighted by Crippen LogP contribution is 2.45. The molecule has 3 aromatic carbocycles. The fourth-order valence-electron chi connectivity index (χ4n) is 3.18. The minimum atomic E-state index is -1.40. The van der Waals surface area contributed by atoms with Crippen molar-refractivity contribution in [3.8, 4) is 17.2 Å². The fourth-order valence-corrected chi connectivity index (χ4v) is 3.31. The highest BCUT2D eigenvalue weighted by Gasteiger charge is 2.43.